The Morgan fingerprint density at radius 1 is 1.21 bits per heavy atom. The molecular formula is C14H14F2N2O. The molecule has 100 valence electrons. The summed E-state index contributed by atoms with van der Waals surface area (Å²) in [6.07, 6.45) is 1.88. The molecule has 3 nitrogen and oxygen atoms in total. The van der Waals surface area contributed by atoms with Crippen molar-refractivity contribution in [1.29, 1.82) is 0 Å². The van der Waals surface area contributed by atoms with E-state index in [1.54, 1.807) is 18.3 Å². The van der Waals surface area contributed by atoms with Crippen molar-refractivity contribution in [2.75, 3.05) is 7.11 Å². The van der Waals surface area contributed by atoms with Crippen LogP contribution in [-0.2, 0) is 6.42 Å². The van der Waals surface area contributed by atoms with Crippen LogP contribution in [0.2, 0.25) is 0 Å². The molecule has 0 saturated carbocycles. The summed E-state index contributed by atoms with van der Waals surface area (Å²) in [6.45, 7) is 0. The zero-order valence-corrected chi connectivity index (χ0v) is 10.4. The number of hydrogen-bond acceptors (Lipinski definition) is 3. The van der Waals surface area contributed by atoms with Crippen LogP contribution >= 0.6 is 0 Å². The number of halogens is 2. The minimum Gasteiger partial charge on any atom is -0.481 e. The van der Waals surface area contributed by atoms with E-state index in [1.165, 1.54) is 25.3 Å². The Labute approximate surface area is 110 Å². The second-order valence-corrected chi connectivity index (χ2v) is 4.15. The maximum absolute atomic E-state index is 13.6. The number of aromatic nitrogens is 1. The minimum atomic E-state index is -0.753. The van der Waals surface area contributed by atoms with Crippen LogP contribution in [-0.4, -0.2) is 12.1 Å². The van der Waals surface area contributed by atoms with E-state index in [9.17, 15) is 8.78 Å². The number of methoxy groups -OCH3 is 1. The van der Waals surface area contributed by atoms with E-state index in [2.05, 4.69) is 4.98 Å². The van der Waals surface area contributed by atoms with Gasteiger partial charge in [-0.2, -0.15) is 0 Å². The van der Waals surface area contributed by atoms with Crippen molar-refractivity contribution in [3.8, 4) is 5.88 Å². The topological polar surface area (TPSA) is 48.1 Å². The summed E-state index contributed by atoms with van der Waals surface area (Å²) in [5.41, 5.74) is 6.55. The van der Waals surface area contributed by atoms with Crippen molar-refractivity contribution in [3.63, 3.8) is 0 Å². The molecule has 1 atom stereocenters. The number of hydrogen-bond donors (Lipinski definition) is 1. The lowest BCUT2D eigenvalue weighted by atomic mass is 10.00. The fraction of sp³-hybridized carbons (Fsp3) is 0.214. The van der Waals surface area contributed by atoms with Gasteiger partial charge in [-0.3, -0.25) is 0 Å². The van der Waals surface area contributed by atoms with Crippen molar-refractivity contribution in [2.24, 2.45) is 5.73 Å². The summed E-state index contributed by atoms with van der Waals surface area (Å²) in [6, 6.07) is 6.41. The Morgan fingerprint density at radius 2 is 1.89 bits per heavy atom. The Kier molecular flexibility index (Phi) is 4.06. The first-order valence-corrected chi connectivity index (χ1v) is 5.80. The monoisotopic (exact) mass is 264 g/mol. The van der Waals surface area contributed by atoms with Crippen molar-refractivity contribution in [2.45, 2.75) is 12.5 Å². The summed E-state index contributed by atoms with van der Waals surface area (Å²) in [5.74, 6) is -0.780. The molecular weight excluding hydrogens is 250 g/mol. The lowest BCUT2D eigenvalue weighted by molar-refractivity contribution is 0.397. The molecule has 2 aromatic rings. The third kappa shape index (κ3) is 3.06. The van der Waals surface area contributed by atoms with E-state index in [0.717, 1.165) is 5.56 Å². The van der Waals surface area contributed by atoms with Gasteiger partial charge in [0, 0.05) is 23.9 Å². The van der Waals surface area contributed by atoms with Crippen LogP contribution in [0.1, 0.15) is 17.2 Å². The zero-order chi connectivity index (χ0) is 13.8. The molecule has 1 aromatic heterocycles. The molecule has 0 saturated heterocycles. The van der Waals surface area contributed by atoms with Crippen molar-refractivity contribution in [3.05, 3.63) is 59.3 Å². The van der Waals surface area contributed by atoms with E-state index in [1.807, 2.05) is 0 Å². The molecule has 2 N–H and O–H groups in total. The van der Waals surface area contributed by atoms with Crippen LogP contribution in [0.3, 0.4) is 0 Å². The zero-order valence-electron chi connectivity index (χ0n) is 10.4. The standard InChI is InChI=1S/C14H14F2N2O/c1-19-13-6-5-9(8-18-13)7-12(17)14-10(15)3-2-4-11(14)16/h2-6,8,12H,7,17H2,1H3. The molecule has 0 aliphatic heterocycles. The molecule has 2 rings (SSSR count). The fourth-order valence-corrected chi connectivity index (χ4v) is 1.87. The van der Waals surface area contributed by atoms with Crippen LogP contribution in [0.25, 0.3) is 0 Å². The first-order chi connectivity index (χ1) is 9.11. The molecule has 5 heteroatoms. The number of nitrogens with zero attached hydrogens (tertiary/aromatic N) is 1. The fourth-order valence-electron chi connectivity index (χ4n) is 1.87. The largest absolute Gasteiger partial charge is 0.481 e. The van der Waals surface area contributed by atoms with Gasteiger partial charge in [-0.05, 0) is 24.1 Å². The Bertz CT molecular complexity index is 538. The summed E-state index contributed by atoms with van der Waals surface area (Å²) < 4.78 is 32.1. The smallest absolute Gasteiger partial charge is 0.212 e. The van der Waals surface area contributed by atoms with Crippen LogP contribution in [0.15, 0.2) is 36.5 Å². The van der Waals surface area contributed by atoms with Crippen LogP contribution < -0.4 is 10.5 Å². The number of ether oxygens (including phenoxy) is 1. The molecule has 0 aliphatic rings. The van der Waals surface area contributed by atoms with E-state index in [4.69, 9.17) is 10.5 Å². The van der Waals surface area contributed by atoms with Gasteiger partial charge >= 0.3 is 0 Å². The molecule has 0 bridgehead atoms. The van der Waals surface area contributed by atoms with E-state index >= 15 is 0 Å². The summed E-state index contributed by atoms with van der Waals surface area (Å²) >= 11 is 0. The molecule has 0 amide bonds. The average Bonchev–Trinajstić information content (AvgIpc) is 2.39. The lowest BCUT2D eigenvalue weighted by Crippen LogP contribution is -2.17. The van der Waals surface area contributed by atoms with Gasteiger partial charge in [-0.25, -0.2) is 13.8 Å². The maximum atomic E-state index is 13.6. The maximum Gasteiger partial charge on any atom is 0.212 e. The van der Waals surface area contributed by atoms with Gasteiger partial charge in [0.1, 0.15) is 11.6 Å². The first kappa shape index (κ1) is 13.4. The Balaban J connectivity index is 2.18. The first-order valence-electron chi connectivity index (χ1n) is 5.80. The molecule has 0 fully saturated rings. The molecule has 0 aliphatic carbocycles. The summed E-state index contributed by atoms with van der Waals surface area (Å²) in [4.78, 5) is 4.02. The average molecular weight is 264 g/mol. The highest BCUT2D eigenvalue weighted by Crippen LogP contribution is 2.22. The third-order valence-electron chi connectivity index (χ3n) is 2.83. The highest BCUT2D eigenvalue weighted by Gasteiger charge is 2.16. The predicted octanol–water partition coefficient (Wildman–Crippen LogP) is 2.61. The molecule has 1 aromatic carbocycles. The molecule has 0 spiro atoms. The quantitative estimate of drug-likeness (QED) is 0.923. The van der Waals surface area contributed by atoms with Crippen LogP contribution in [0.4, 0.5) is 8.78 Å². The van der Waals surface area contributed by atoms with E-state index in [0.29, 0.717) is 12.3 Å². The van der Waals surface area contributed by atoms with Gasteiger partial charge in [0.05, 0.1) is 7.11 Å². The molecule has 0 radical (unpaired) electrons. The number of rotatable bonds is 4. The van der Waals surface area contributed by atoms with E-state index < -0.39 is 17.7 Å². The second-order valence-electron chi connectivity index (χ2n) is 4.15. The molecule has 1 heterocycles. The number of benzene rings is 1. The number of pyridine rings is 1. The van der Waals surface area contributed by atoms with Crippen LogP contribution in [0.5, 0.6) is 5.88 Å². The highest BCUT2D eigenvalue weighted by atomic mass is 19.1. The third-order valence-corrected chi connectivity index (χ3v) is 2.83. The summed E-state index contributed by atoms with van der Waals surface area (Å²) in [7, 11) is 1.52. The van der Waals surface area contributed by atoms with Gasteiger partial charge < -0.3 is 10.5 Å². The molecule has 19 heavy (non-hydrogen) atoms. The normalized spacial score (nSPS) is 12.2. The number of nitrogens with two attached hydrogens (primary N) is 1. The van der Waals surface area contributed by atoms with Gasteiger partial charge in [-0.15, -0.1) is 0 Å². The highest BCUT2D eigenvalue weighted by molar-refractivity contribution is 5.26. The van der Waals surface area contributed by atoms with Crippen molar-refractivity contribution >= 4 is 0 Å². The Morgan fingerprint density at radius 3 is 2.42 bits per heavy atom. The minimum absolute atomic E-state index is 0.0988. The second kappa shape index (κ2) is 5.75. The van der Waals surface area contributed by atoms with Crippen LogP contribution in [0, 0.1) is 11.6 Å². The SMILES string of the molecule is COc1ccc(CC(N)c2c(F)cccc2F)cn1. The van der Waals surface area contributed by atoms with E-state index in [-0.39, 0.29) is 5.56 Å². The van der Waals surface area contributed by atoms with Gasteiger partial charge in [0.25, 0.3) is 0 Å². The van der Waals surface area contributed by atoms with Gasteiger partial charge in [-0.1, -0.05) is 12.1 Å². The van der Waals surface area contributed by atoms with Gasteiger partial charge in [0.2, 0.25) is 5.88 Å². The summed E-state index contributed by atoms with van der Waals surface area (Å²) in [5, 5.41) is 0. The predicted molar refractivity (Wildman–Crippen MR) is 67.8 cm³/mol. The lowest BCUT2D eigenvalue weighted by Gasteiger charge is -2.14. The van der Waals surface area contributed by atoms with Crippen molar-refractivity contribution in [1.82, 2.24) is 4.98 Å². The molecule has 1 unspecified atom stereocenters. The Hall–Kier alpha value is -2.01. The van der Waals surface area contributed by atoms with Gasteiger partial charge in [0.15, 0.2) is 0 Å². The van der Waals surface area contributed by atoms with Crippen molar-refractivity contribution < 1.29 is 13.5 Å².